The Bertz CT molecular complexity index is 402. The first-order chi connectivity index (χ1) is 6.96. The highest BCUT2D eigenvalue weighted by Gasteiger charge is 2.27. The van der Waals surface area contributed by atoms with E-state index in [1.807, 2.05) is 6.07 Å². The molecule has 0 spiro atoms. The van der Waals surface area contributed by atoms with Gasteiger partial charge in [-0.2, -0.15) is 0 Å². The van der Waals surface area contributed by atoms with Crippen LogP contribution in [0.4, 0.5) is 0 Å². The molecule has 0 aliphatic heterocycles. The highest BCUT2D eigenvalue weighted by atomic mass is 32.2. The van der Waals surface area contributed by atoms with Crippen molar-refractivity contribution in [1.82, 2.24) is 0 Å². The zero-order valence-corrected chi connectivity index (χ0v) is 9.31. The molecule has 0 amide bonds. The van der Waals surface area contributed by atoms with Crippen LogP contribution >= 0.6 is 0 Å². The number of benzene rings is 1. The number of nitrogens with two attached hydrogens (primary N) is 1. The zero-order valence-electron chi connectivity index (χ0n) is 8.50. The molecule has 0 saturated heterocycles. The zero-order chi connectivity index (χ0) is 11.5. The normalized spacial score (nSPS) is 15.9. The van der Waals surface area contributed by atoms with E-state index in [2.05, 4.69) is 0 Å². The minimum Gasteiger partial charge on any atom is -0.395 e. The van der Waals surface area contributed by atoms with Crippen molar-refractivity contribution in [1.29, 1.82) is 0 Å². The average molecular weight is 229 g/mol. The Labute approximate surface area is 89.7 Å². The molecule has 0 aliphatic carbocycles. The smallest absolute Gasteiger partial charge is 0.154 e. The summed E-state index contributed by atoms with van der Waals surface area (Å²) in [5, 5.41) is 8.09. The lowest BCUT2D eigenvalue weighted by molar-refractivity contribution is 0.278. The second kappa shape index (κ2) is 4.74. The molecule has 0 fully saturated rings. The molecular weight excluding hydrogens is 214 g/mol. The largest absolute Gasteiger partial charge is 0.395 e. The van der Waals surface area contributed by atoms with Gasteiger partial charge in [0.05, 0.1) is 6.61 Å². The quantitative estimate of drug-likeness (QED) is 0.767. The standard InChI is InChI=1S/C10H15NO3S/c1-15(13,14)9(7-12)10(11)8-5-3-2-4-6-8/h2-6,9-10,12H,7,11H2,1H3/t9-,10+/m0/s1. The van der Waals surface area contributed by atoms with Gasteiger partial charge < -0.3 is 10.8 Å². The third-order valence-corrected chi connectivity index (χ3v) is 3.86. The molecule has 1 rings (SSSR count). The lowest BCUT2D eigenvalue weighted by Crippen LogP contribution is -2.36. The molecule has 0 radical (unpaired) electrons. The lowest BCUT2D eigenvalue weighted by atomic mass is 10.1. The molecule has 0 saturated carbocycles. The average Bonchev–Trinajstić information content (AvgIpc) is 2.18. The molecule has 4 nitrogen and oxygen atoms in total. The topological polar surface area (TPSA) is 80.4 Å². The van der Waals surface area contributed by atoms with Gasteiger partial charge in [0.15, 0.2) is 9.84 Å². The fraction of sp³-hybridized carbons (Fsp3) is 0.400. The van der Waals surface area contributed by atoms with E-state index in [0.29, 0.717) is 5.56 Å². The third-order valence-electron chi connectivity index (χ3n) is 2.31. The van der Waals surface area contributed by atoms with Crippen LogP contribution in [0.2, 0.25) is 0 Å². The van der Waals surface area contributed by atoms with Gasteiger partial charge in [0, 0.05) is 12.3 Å². The van der Waals surface area contributed by atoms with Gasteiger partial charge in [0.25, 0.3) is 0 Å². The van der Waals surface area contributed by atoms with Crippen molar-refractivity contribution in [2.45, 2.75) is 11.3 Å². The summed E-state index contributed by atoms with van der Waals surface area (Å²) in [6.45, 7) is -0.463. The van der Waals surface area contributed by atoms with E-state index in [4.69, 9.17) is 10.8 Å². The van der Waals surface area contributed by atoms with Crippen LogP contribution in [-0.4, -0.2) is 31.6 Å². The first-order valence-corrected chi connectivity index (χ1v) is 6.52. The van der Waals surface area contributed by atoms with Crippen molar-refractivity contribution < 1.29 is 13.5 Å². The maximum atomic E-state index is 11.3. The SMILES string of the molecule is CS(=O)(=O)[C@@H](CO)[C@H](N)c1ccccc1. The van der Waals surface area contributed by atoms with Crippen molar-refractivity contribution in [2.75, 3.05) is 12.9 Å². The van der Waals surface area contributed by atoms with Crippen LogP contribution in [0.25, 0.3) is 0 Å². The van der Waals surface area contributed by atoms with Crippen LogP contribution in [0.5, 0.6) is 0 Å². The molecule has 0 aromatic heterocycles. The Balaban J connectivity index is 2.98. The third kappa shape index (κ3) is 3.02. The molecular formula is C10H15NO3S. The number of rotatable bonds is 4. The van der Waals surface area contributed by atoms with E-state index in [-0.39, 0.29) is 0 Å². The molecule has 5 heteroatoms. The van der Waals surface area contributed by atoms with Crippen LogP contribution in [0, 0.1) is 0 Å². The molecule has 0 heterocycles. The van der Waals surface area contributed by atoms with E-state index in [0.717, 1.165) is 6.26 Å². The summed E-state index contributed by atoms with van der Waals surface area (Å²) in [4.78, 5) is 0. The van der Waals surface area contributed by atoms with Gasteiger partial charge in [-0.1, -0.05) is 30.3 Å². The summed E-state index contributed by atoms with van der Waals surface area (Å²) in [5.74, 6) is 0. The number of aliphatic hydroxyl groups is 1. The Morgan fingerprint density at radius 3 is 2.27 bits per heavy atom. The molecule has 1 aromatic rings. The van der Waals surface area contributed by atoms with Crippen LogP contribution in [0.1, 0.15) is 11.6 Å². The summed E-state index contributed by atoms with van der Waals surface area (Å²) in [6, 6.07) is 8.20. The summed E-state index contributed by atoms with van der Waals surface area (Å²) < 4.78 is 22.7. The maximum Gasteiger partial charge on any atom is 0.154 e. The Morgan fingerprint density at radius 1 is 1.33 bits per heavy atom. The van der Waals surface area contributed by atoms with E-state index in [1.54, 1.807) is 24.3 Å². The van der Waals surface area contributed by atoms with Gasteiger partial charge in [-0.25, -0.2) is 8.42 Å². The predicted octanol–water partition coefficient (Wildman–Crippen LogP) is 0.0919. The predicted molar refractivity (Wildman–Crippen MR) is 59.1 cm³/mol. The maximum absolute atomic E-state index is 11.3. The van der Waals surface area contributed by atoms with E-state index in [9.17, 15) is 8.42 Å². The summed E-state index contributed by atoms with van der Waals surface area (Å²) in [7, 11) is -3.34. The second-order valence-corrected chi connectivity index (χ2v) is 5.75. The fourth-order valence-corrected chi connectivity index (χ4v) is 2.37. The summed E-state index contributed by atoms with van der Waals surface area (Å²) in [6.07, 6.45) is 1.08. The molecule has 0 bridgehead atoms. The molecule has 84 valence electrons. The van der Waals surface area contributed by atoms with Crippen molar-refractivity contribution in [3.8, 4) is 0 Å². The van der Waals surface area contributed by atoms with Crippen LogP contribution in [-0.2, 0) is 9.84 Å². The second-order valence-electron chi connectivity index (χ2n) is 3.49. The number of sulfone groups is 1. The minimum absolute atomic E-state index is 0.463. The summed E-state index contributed by atoms with van der Waals surface area (Å²) >= 11 is 0. The minimum atomic E-state index is -3.34. The van der Waals surface area contributed by atoms with Gasteiger partial charge in [-0.05, 0) is 5.56 Å². The van der Waals surface area contributed by atoms with E-state index in [1.165, 1.54) is 0 Å². The van der Waals surface area contributed by atoms with Crippen LogP contribution in [0.3, 0.4) is 0 Å². The molecule has 0 aliphatic rings. The highest BCUT2D eigenvalue weighted by Crippen LogP contribution is 2.18. The summed E-state index contributed by atoms with van der Waals surface area (Å²) in [5.41, 5.74) is 6.51. The Morgan fingerprint density at radius 2 is 1.87 bits per heavy atom. The van der Waals surface area contributed by atoms with Gasteiger partial charge in [0.2, 0.25) is 0 Å². The Hall–Kier alpha value is -0.910. The fourth-order valence-electron chi connectivity index (χ4n) is 1.41. The molecule has 1 aromatic carbocycles. The van der Waals surface area contributed by atoms with Gasteiger partial charge >= 0.3 is 0 Å². The van der Waals surface area contributed by atoms with Crippen molar-refractivity contribution >= 4 is 9.84 Å². The van der Waals surface area contributed by atoms with Crippen LogP contribution in [0.15, 0.2) is 30.3 Å². The molecule has 2 atom stereocenters. The van der Waals surface area contributed by atoms with Crippen molar-refractivity contribution in [2.24, 2.45) is 5.73 Å². The first kappa shape index (κ1) is 12.2. The Kier molecular flexibility index (Phi) is 3.84. The number of hydrogen-bond acceptors (Lipinski definition) is 4. The number of hydrogen-bond donors (Lipinski definition) is 2. The number of aliphatic hydroxyl groups excluding tert-OH is 1. The molecule has 0 unspecified atom stereocenters. The van der Waals surface area contributed by atoms with E-state index >= 15 is 0 Å². The van der Waals surface area contributed by atoms with Gasteiger partial charge in [0.1, 0.15) is 5.25 Å². The van der Waals surface area contributed by atoms with E-state index < -0.39 is 27.7 Å². The van der Waals surface area contributed by atoms with Crippen LogP contribution < -0.4 is 5.73 Å². The molecule has 3 N–H and O–H groups in total. The van der Waals surface area contributed by atoms with Crippen molar-refractivity contribution in [3.05, 3.63) is 35.9 Å². The van der Waals surface area contributed by atoms with Crippen molar-refractivity contribution in [3.63, 3.8) is 0 Å². The lowest BCUT2D eigenvalue weighted by Gasteiger charge is -2.20. The monoisotopic (exact) mass is 229 g/mol. The first-order valence-electron chi connectivity index (χ1n) is 4.57. The highest BCUT2D eigenvalue weighted by molar-refractivity contribution is 7.91. The van der Waals surface area contributed by atoms with Gasteiger partial charge in [-0.3, -0.25) is 0 Å². The van der Waals surface area contributed by atoms with Gasteiger partial charge in [-0.15, -0.1) is 0 Å². The molecule has 15 heavy (non-hydrogen) atoms.